The maximum Gasteiger partial charge on any atom is 0.220 e. The second kappa shape index (κ2) is 8.48. The van der Waals surface area contributed by atoms with Gasteiger partial charge in [0, 0.05) is 18.7 Å². The first-order chi connectivity index (χ1) is 11.0. The van der Waals surface area contributed by atoms with Crippen LogP contribution < -0.4 is 5.32 Å². The summed E-state index contributed by atoms with van der Waals surface area (Å²) in [7, 11) is -3.00. The van der Waals surface area contributed by atoms with Crippen LogP contribution in [-0.2, 0) is 14.6 Å². The van der Waals surface area contributed by atoms with E-state index in [1.807, 2.05) is 6.07 Å². The summed E-state index contributed by atoms with van der Waals surface area (Å²) in [6.07, 6.45) is 4.92. The molecule has 1 saturated carbocycles. The third-order valence-electron chi connectivity index (χ3n) is 4.77. The fourth-order valence-electron chi connectivity index (χ4n) is 3.25. The number of hydrogen-bond donors (Lipinski definition) is 1. The molecule has 0 spiro atoms. The fourth-order valence-corrected chi connectivity index (χ4v) is 3.95. The monoisotopic (exact) mass is 337 g/mol. The molecule has 2 rings (SSSR count). The largest absolute Gasteiger partial charge is 0.355 e. The number of carbonyl (C=O) groups is 1. The molecule has 1 N–H and O–H groups in total. The van der Waals surface area contributed by atoms with Crippen molar-refractivity contribution in [3.8, 4) is 0 Å². The van der Waals surface area contributed by atoms with Gasteiger partial charge in [0.05, 0.1) is 5.75 Å². The highest BCUT2D eigenvalue weighted by molar-refractivity contribution is 7.91. The quantitative estimate of drug-likeness (QED) is 0.832. The number of hydrogen-bond acceptors (Lipinski definition) is 3. The molecule has 0 bridgehead atoms. The topological polar surface area (TPSA) is 63.2 Å². The van der Waals surface area contributed by atoms with Crippen molar-refractivity contribution in [2.75, 3.05) is 18.1 Å². The molecule has 1 fully saturated rings. The van der Waals surface area contributed by atoms with Gasteiger partial charge in [0.1, 0.15) is 0 Å². The van der Waals surface area contributed by atoms with E-state index in [-0.39, 0.29) is 24.0 Å². The van der Waals surface area contributed by atoms with Crippen molar-refractivity contribution in [1.82, 2.24) is 5.32 Å². The van der Waals surface area contributed by atoms with E-state index in [1.165, 1.54) is 5.56 Å². The molecule has 0 aromatic heterocycles. The molecule has 0 heterocycles. The highest BCUT2D eigenvalue weighted by Gasteiger charge is 2.24. The van der Waals surface area contributed by atoms with Crippen LogP contribution in [0, 0.1) is 5.92 Å². The first-order valence-electron chi connectivity index (χ1n) is 8.52. The summed E-state index contributed by atoms with van der Waals surface area (Å²) < 4.78 is 22.8. The Morgan fingerprint density at radius 2 is 1.78 bits per heavy atom. The van der Waals surface area contributed by atoms with Crippen molar-refractivity contribution in [2.45, 2.75) is 44.9 Å². The zero-order chi connectivity index (χ0) is 16.7. The van der Waals surface area contributed by atoms with Gasteiger partial charge in [-0.25, -0.2) is 8.42 Å². The van der Waals surface area contributed by atoms with E-state index in [0.29, 0.717) is 18.3 Å². The summed E-state index contributed by atoms with van der Waals surface area (Å²) in [5.41, 5.74) is 1.40. The molecule has 1 aromatic carbocycles. The van der Waals surface area contributed by atoms with Gasteiger partial charge in [-0.15, -0.1) is 0 Å². The van der Waals surface area contributed by atoms with Gasteiger partial charge in [-0.2, -0.15) is 0 Å². The summed E-state index contributed by atoms with van der Waals surface area (Å²) in [5, 5.41) is 2.75. The molecule has 1 aromatic rings. The van der Waals surface area contributed by atoms with Crippen molar-refractivity contribution < 1.29 is 13.2 Å². The predicted molar refractivity (Wildman–Crippen MR) is 93.1 cm³/mol. The van der Waals surface area contributed by atoms with Crippen molar-refractivity contribution >= 4 is 15.7 Å². The molecule has 5 heteroatoms. The van der Waals surface area contributed by atoms with Gasteiger partial charge in [0.2, 0.25) is 5.91 Å². The number of carbonyl (C=O) groups excluding carboxylic acids is 1. The molecule has 23 heavy (non-hydrogen) atoms. The Hall–Kier alpha value is -1.36. The number of amides is 1. The van der Waals surface area contributed by atoms with E-state index in [0.717, 1.165) is 25.7 Å². The Labute approximate surface area is 139 Å². The van der Waals surface area contributed by atoms with Crippen LogP contribution in [0.5, 0.6) is 0 Å². The predicted octanol–water partition coefficient (Wildman–Crippen LogP) is 2.90. The smallest absolute Gasteiger partial charge is 0.220 e. The third kappa shape index (κ3) is 5.98. The Morgan fingerprint density at radius 3 is 2.39 bits per heavy atom. The third-order valence-corrected chi connectivity index (χ3v) is 6.47. The van der Waals surface area contributed by atoms with Crippen molar-refractivity contribution in [3.05, 3.63) is 35.9 Å². The molecule has 1 aliphatic carbocycles. The van der Waals surface area contributed by atoms with Crippen LogP contribution in [0.3, 0.4) is 0 Å². The van der Waals surface area contributed by atoms with E-state index in [2.05, 4.69) is 29.6 Å². The Morgan fingerprint density at radius 1 is 1.13 bits per heavy atom. The zero-order valence-electron chi connectivity index (χ0n) is 13.8. The average molecular weight is 337 g/mol. The molecule has 4 nitrogen and oxygen atoms in total. The van der Waals surface area contributed by atoms with Gasteiger partial charge < -0.3 is 5.32 Å². The standard InChI is InChI=1S/C18H27NO3S/c1-2-23(21,22)13-12-19-18(20)14-15-8-10-17(11-9-15)16-6-4-3-5-7-16/h3-7,15,17H,2,8-14H2,1H3,(H,19,20). The van der Waals surface area contributed by atoms with Crippen molar-refractivity contribution in [2.24, 2.45) is 5.92 Å². The maximum atomic E-state index is 11.9. The molecule has 0 atom stereocenters. The Bertz CT molecular complexity index is 590. The number of sulfone groups is 1. The fraction of sp³-hybridized carbons (Fsp3) is 0.611. The van der Waals surface area contributed by atoms with Gasteiger partial charge in [-0.1, -0.05) is 37.3 Å². The Kier molecular flexibility index (Phi) is 6.63. The molecule has 0 aliphatic heterocycles. The number of benzene rings is 1. The molecule has 128 valence electrons. The summed E-state index contributed by atoms with van der Waals surface area (Å²) in [6, 6.07) is 10.6. The number of rotatable bonds is 7. The molecule has 1 aliphatic rings. The van der Waals surface area contributed by atoms with Crippen LogP contribution in [0.25, 0.3) is 0 Å². The van der Waals surface area contributed by atoms with Crippen LogP contribution in [0.15, 0.2) is 30.3 Å². The first kappa shape index (κ1) is 18.0. The van der Waals surface area contributed by atoms with E-state index < -0.39 is 9.84 Å². The molecule has 0 radical (unpaired) electrons. The average Bonchev–Trinajstić information content (AvgIpc) is 2.56. The van der Waals surface area contributed by atoms with Gasteiger partial charge in [-0.05, 0) is 43.1 Å². The first-order valence-corrected chi connectivity index (χ1v) is 10.3. The van der Waals surface area contributed by atoms with E-state index in [4.69, 9.17) is 0 Å². The Balaban J connectivity index is 1.69. The van der Waals surface area contributed by atoms with E-state index in [1.54, 1.807) is 6.92 Å². The lowest BCUT2D eigenvalue weighted by molar-refractivity contribution is -0.122. The minimum absolute atomic E-state index is 0.0144. The summed E-state index contributed by atoms with van der Waals surface area (Å²) >= 11 is 0. The van der Waals surface area contributed by atoms with Crippen molar-refractivity contribution in [1.29, 1.82) is 0 Å². The normalized spacial score (nSPS) is 21.8. The van der Waals surface area contributed by atoms with E-state index in [9.17, 15) is 13.2 Å². The van der Waals surface area contributed by atoms with Crippen LogP contribution in [0.4, 0.5) is 0 Å². The maximum absolute atomic E-state index is 11.9. The molecular formula is C18H27NO3S. The zero-order valence-corrected chi connectivity index (χ0v) is 14.6. The van der Waals surface area contributed by atoms with Crippen LogP contribution in [0.1, 0.15) is 50.5 Å². The minimum atomic E-state index is -3.00. The highest BCUT2D eigenvalue weighted by Crippen LogP contribution is 2.36. The lowest BCUT2D eigenvalue weighted by atomic mass is 9.77. The highest BCUT2D eigenvalue weighted by atomic mass is 32.2. The van der Waals surface area contributed by atoms with Crippen LogP contribution in [0.2, 0.25) is 0 Å². The minimum Gasteiger partial charge on any atom is -0.355 e. The second-order valence-electron chi connectivity index (χ2n) is 6.42. The SMILES string of the molecule is CCS(=O)(=O)CCNC(=O)CC1CCC(c2ccccc2)CC1. The second-order valence-corrected chi connectivity index (χ2v) is 8.89. The summed E-state index contributed by atoms with van der Waals surface area (Å²) in [4.78, 5) is 11.9. The molecule has 0 unspecified atom stereocenters. The summed E-state index contributed by atoms with van der Waals surface area (Å²) in [6.45, 7) is 1.86. The van der Waals surface area contributed by atoms with Gasteiger partial charge in [0.15, 0.2) is 9.84 Å². The van der Waals surface area contributed by atoms with Crippen molar-refractivity contribution in [3.63, 3.8) is 0 Å². The lowest BCUT2D eigenvalue weighted by Crippen LogP contribution is -2.31. The van der Waals surface area contributed by atoms with Gasteiger partial charge in [-0.3, -0.25) is 4.79 Å². The van der Waals surface area contributed by atoms with Gasteiger partial charge in [0.25, 0.3) is 0 Å². The molecule has 0 saturated heterocycles. The number of nitrogens with one attached hydrogen (secondary N) is 1. The van der Waals surface area contributed by atoms with Crippen LogP contribution >= 0.6 is 0 Å². The van der Waals surface area contributed by atoms with Crippen LogP contribution in [-0.4, -0.2) is 32.4 Å². The molecular weight excluding hydrogens is 310 g/mol. The van der Waals surface area contributed by atoms with Gasteiger partial charge >= 0.3 is 0 Å². The lowest BCUT2D eigenvalue weighted by Gasteiger charge is -2.28. The summed E-state index contributed by atoms with van der Waals surface area (Å²) in [5.74, 6) is 1.20. The molecule has 1 amide bonds. The van der Waals surface area contributed by atoms with E-state index >= 15 is 0 Å².